The molecule has 116 valence electrons. The first-order chi connectivity index (χ1) is 10.5. The molecular formula is C16H16ClNO3S. The summed E-state index contributed by atoms with van der Waals surface area (Å²) in [7, 11) is -1.06. The van der Waals surface area contributed by atoms with Gasteiger partial charge in [-0.3, -0.25) is 9.00 Å². The van der Waals surface area contributed by atoms with Crippen molar-refractivity contribution in [3.8, 4) is 5.75 Å². The quantitative estimate of drug-likeness (QED) is 0.881. The molecule has 0 spiro atoms. The van der Waals surface area contributed by atoms with Crippen molar-refractivity contribution in [2.75, 3.05) is 12.0 Å². The van der Waals surface area contributed by atoms with Crippen molar-refractivity contribution in [1.29, 1.82) is 0 Å². The highest BCUT2D eigenvalue weighted by Crippen LogP contribution is 2.24. The summed E-state index contributed by atoms with van der Waals surface area (Å²) in [6.45, 7) is 0. The van der Waals surface area contributed by atoms with Crippen LogP contribution in [0.3, 0.4) is 0 Å². The Kier molecular flexibility index (Phi) is 5.57. The molecule has 0 saturated heterocycles. The molecular weight excluding hydrogens is 322 g/mol. The molecule has 0 heterocycles. The standard InChI is InChI=1S/C16H16ClNO3S/c1-22(21)10-14(11-5-3-2-4-6-11)18-16(20)12-7-8-15(19)13(17)9-12/h2-9,14,19H,10H2,1H3,(H,18,20). The summed E-state index contributed by atoms with van der Waals surface area (Å²) < 4.78 is 11.5. The van der Waals surface area contributed by atoms with E-state index in [1.807, 2.05) is 30.3 Å². The second-order valence-electron chi connectivity index (χ2n) is 4.84. The molecule has 2 unspecified atom stereocenters. The molecule has 0 aromatic heterocycles. The van der Waals surface area contributed by atoms with Crippen LogP contribution in [0.4, 0.5) is 0 Å². The lowest BCUT2D eigenvalue weighted by Gasteiger charge is -2.18. The van der Waals surface area contributed by atoms with E-state index in [2.05, 4.69) is 5.32 Å². The summed E-state index contributed by atoms with van der Waals surface area (Å²) in [6, 6.07) is 13.3. The molecule has 1 amide bonds. The van der Waals surface area contributed by atoms with Gasteiger partial charge in [-0.1, -0.05) is 41.9 Å². The van der Waals surface area contributed by atoms with Crippen molar-refractivity contribution in [3.05, 3.63) is 64.7 Å². The number of benzene rings is 2. The maximum Gasteiger partial charge on any atom is 0.251 e. The van der Waals surface area contributed by atoms with Crippen LogP contribution in [0.25, 0.3) is 0 Å². The zero-order valence-electron chi connectivity index (χ0n) is 12.0. The molecule has 0 aliphatic carbocycles. The van der Waals surface area contributed by atoms with Crippen LogP contribution in [0.15, 0.2) is 48.5 Å². The Morgan fingerprint density at radius 1 is 1.27 bits per heavy atom. The second-order valence-corrected chi connectivity index (χ2v) is 6.73. The Morgan fingerprint density at radius 2 is 1.95 bits per heavy atom. The number of phenols is 1. The van der Waals surface area contributed by atoms with Crippen molar-refractivity contribution < 1.29 is 14.1 Å². The van der Waals surface area contributed by atoms with Crippen molar-refractivity contribution in [2.45, 2.75) is 6.04 Å². The number of rotatable bonds is 5. The summed E-state index contributed by atoms with van der Waals surface area (Å²) in [6.07, 6.45) is 1.60. The molecule has 0 aliphatic heterocycles. The lowest BCUT2D eigenvalue weighted by atomic mass is 10.1. The van der Waals surface area contributed by atoms with Crippen LogP contribution in [0.1, 0.15) is 22.0 Å². The van der Waals surface area contributed by atoms with E-state index in [4.69, 9.17) is 11.6 Å². The lowest BCUT2D eigenvalue weighted by molar-refractivity contribution is 0.0940. The van der Waals surface area contributed by atoms with Crippen molar-refractivity contribution in [2.24, 2.45) is 0 Å². The summed E-state index contributed by atoms with van der Waals surface area (Å²) in [5.74, 6) is -0.0876. The van der Waals surface area contributed by atoms with E-state index in [9.17, 15) is 14.1 Å². The zero-order chi connectivity index (χ0) is 16.1. The number of phenolic OH excluding ortho intramolecular Hbond substituents is 1. The highest BCUT2D eigenvalue weighted by molar-refractivity contribution is 7.84. The van der Waals surface area contributed by atoms with E-state index in [1.54, 1.807) is 6.26 Å². The van der Waals surface area contributed by atoms with Gasteiger partial charge in [-0.25, -0.2) is 0 Å². The van der Waals surface area contributed by atoms with Gasteiger partial charge in [0.05, 0.1) is 11.1 Å². The fourth-order valence-corrected chi connectivity index (χ4v) is 2.96. The number of aromatic hydroxyl groups is 1. The Hall–Kier alpha value is -1.85. The Labute approximate surface area is 136 Å². The third-order valence-electron chi connectivity index (χ3n) is 3.12. The number of amides is 1. The summed E-state index contributed by atoms with van der Waals surface area (Å²) in [5.41, 5.74) is 1.22. The van der Waals surface area contributed by atoms with Gasteiger partial charge in [0.2, 0.25) is 0 Å². The molecule has 0 fully saturated rings. The van der Waals surface area contributed by atoms with Gasteiger partial charge in [-0.2, -0.15) is 0 Å². The maximum absolute atomic E-state index is 12.3. The van der Waals surface area contributed by atoms with Gasteiger partial charge in [0.25, 0.3) is 5.91 Å². The molecule has 0 radical (unpaired) electrons. The van der Waals surface area contributed by atoms with E-state index >= 15 is 0 Å². The minimum absolute atomic E-state index is 0.0764. The number of carbonyl (C=O) groups is 1. The van der Waals surface area contributed by atoms with E-state index < -0.39 is 10.8 Å². The largest absolute Gasteiger partial charge is 0.506 e. The summed E-state index contributed by atoms with van der Waals surface area (Å²) >= 11 is 5.82. The van der Waals surface area contributed by atoms with E-state index in [0.717, 1.165) is 5.56 Å². The van der Waals surface area contributed by atoms with Crippen molar-refractivity contribution in [3.63, 3.8) is 0 Å². The molecule has 2 aromatic rings. The number of carbonyl (C=O) groups excluding carboxylic acids is 1. The van der Waals surface area contributed by atoms with E-state index in [0.29, 0.717) is 11.3 Å². The molecule has 0 aliphatic rings. The van der Waals surface area contributed by atoms with Crippen LogP contribution in [0, 0.1) is 0 Å². The maximum atomic E-state index is 12.3. The van der Waals surface area contributed by atoms with E-state index in [1.165, 1.54) is 18.2 Å². The smallest absolute Gasteiger partial charge is 0.251 e. The number of nitrogens with one attached hydrogen (secondary N) is 1. The van der Waals surface area contributed by atoms with Crippen molar-refractivity contribution >= 4 is 28.3 Å². The van der Waals surface area contributed by atoms with Crippen LogP contribution in [-0.2, 0) is 10.8 Å². The first-order valence-corrected chi connectivity index (χ1v) is 8.72. The van der Waals surface area contributed by atoms with Crippen LogP contribution in [0.5, 0.6) is 5.75 Å². The number of hydrogen-bond donors (Lipinski definition) is 2. The molecule has 22 heavy (non-hydrogen) atoms. The minimum atomic E-state index is -1.06. The third-order valence-corrected chi connectivity index (χ3v) is 4.22. The molecule has 2 rings (SSSR count). The minimum Gasteiger partial charge on any atom is -0.506 e. The Balaban J connectivity index is 2.21. The summed E-state index contributed by atoms with van der Waals surface area (Å²) in [4.78, 5) is 12.3. The molecule has 0 bridgehead atoms. The second kappa shape index (κ2) is 7.42. The van der Waals surface area contributed by atoms with E-state index in [-0.39, 0.29) is 22.7 Å². The fraction of sp³-hybridized carbons (Fsp3) is 0.188. The Morgan fingerprint density at radius 3 is 2.55 bits per heavy atom. The zero-order valence-corrected chi connectivity index (χ0v) is 13.5. The molecule has 4 nitrogen and oxygen atoms in total. The SMILES string of the molecule is CS(=O)CC(NC(=O)c1ccc(O)c(Cl)c1)c1ccccc1. The normalized spacial score (nSPS) is 13.4. The average Bonchev–Trinajstić information content (AvgIpc) is 2.49. The summed E-state index contributed by atoms with van der Waals surface area (Å²) in [5, 5.41) is 12.4. The first kappa shape index (κ1) is 16.5. The van der Waals surface area contributed by atoms with Gasteiger partial charge >= 0.3 is 0 Å². The van der Waals surface area contributed by atoms with Crippen LogP contribution in [0.2, 0.25) is 5.02 Å². The van der Waals surface area contributed by atoms with Gasteiger partial charge < -0.3 is 10.4 Å². The van der Waals surface area contributed by atoms with Gasteiger partial charge in [0.15, 0.2) is 0 Å². The fourth-order valence-electron chi connectivity index (χ4n) is 2.03. The third kappa shape index (κ3) is 4.32. The average molecular weight is 338 g/mol. The highest BCUT2D eigenvalue weighted by Gasteiger charge is 2.17. The van der Waals surface area contributed by atoms with Gasteiger partial charge in [0.1, 0.15) is 5.75 Å². The lowest BCUT2D eigenvalue weighted by Crippen LogP contribution is -2.31. The van der Waals surface area contributed by atoms with Gasteiger partial charge in [0, 0.05) is 28.4 Å². The van der Waals surface area contributed by atoms with Gasteiger partial charge in [-0.15, -0.1) is 0 Å². The topological polar surface area (TPSA) is 66.4 Å². The van der Waals surface area contributed by atoms with Crippen molar-refractivity contribution in [1.82, 2.24) is 5.32 Å². The Bertz CT molecular complexity index is 691. The molecule has 2 N–H and O–H groups in total. The first-order valence-electron chi connectivity index (χ1n) is 6.61. The number of hydrogen-bond acceptors (Lipinski definition) is 3. The van der Waals surface area contributed by atoms with Crippen LogP contribution >= 0.6 is 11.6 Å². The monoisotopic (exact) mass is 337 g/mol. The van der Waals surface area contributed by atoms with Crippen LogP contribution in [-0.4, -0.2) is 27.2 Å². The van der Waals surface area contributed by atoms with Crippen LogP contribution < -0.4 is 5.32 Å². The molecule has 6 heteroatoms. The highest BCUT2D eigenvalue weighted by atomic mass is 35.5. The number of halogens is 1. The predicted molar refractivity (Wildman–Crippen MR) is 88.7 cm³/mol. The molecule has 2 aromatic carbocycles. The molecule has 0 saturated carbocycles. The predicted octanol–water partition coefficient (Wildman–Crippen LogP) is 2.90. The molecule has 2 atom stereocenters. The van der Waals surface area contributed by atoms with Gasteiger partial charge in [-0.05, 0) is 23.8 Å².